The number of nitrogens with two attached hydrogens (primary N) is 1. The van der Waals surface area contributed by atoms with E-state index in [-0.39, 0.29) is 11.9 Å². The van der Waals surface area contributed by atoms with E-state index in [1.54, 1.807) is 11.3 Å². The van der Waals surface area contributed by atoms with E-state index in [2.05, 4.69) is 0 Å². The number of fused-ring (bicyclic) bond motifs is 1. The maximum atomic E-state index is 12.7. The second-order valence-electron chi connectivity index (χ2n) is 5.62. The molecule has 1 aliphatic carbocycles. The molecule has 0 atom stereocenters. The van der Waals surface area contributed by atoms with E-state index in [9.17, 15) is 4.79 Å². The number of aryl methyl sites for hydroxylation is 1. The first kappa shape index (κ1) is 14.1. The molecule has 4 heteroatoms. The lowest BCUT2D eigenvalue weighted by molar-refractivity contribution is 0.103. The Balaban J connectivity index is 1.89. The van der Waals surface area contributed by atoms with Crippen LogP contribution in [0.25, 0.3) is 0 Å². The van der Waals surface area contributed by atoms with Crippen LogP contribution in [0, 0.1) is 0 Å². The number of carbonyl (C=O) groups excluding carboxylic acids is 1. The topological polar surface area (TPSA) is 52.3 Å². The Kier molecular flexibility index (Phi) is 3.72. The first-order valence-electron chi connectivity index (χ1n) is 7.27. The van der Waals surface area contributed by atoms with Crippen molar-refractivity contribution in [1.29, 1.82) is 0 Å². The molecule has 0 saturated heterocycles. The molecule has 3 nitrogen and oxygen atoms in total. The van der Waals surface area contributed by atoms with Gasteiger partial charge in [-0.3, -0.25) is 4.79 Å². The molecule has 1 aromatic heterocycles. The summed E-state index contributed by atoms with van der Waals surface area (Å²) in [5.41, 5.74) is 8.63. The average Bonchev–Trinajstić information content (AvgIpc) is 2.98. The zero-order valence-electron chi connectivity index (χ0n) is 12.3. The molecule has 1 aromatic carbocycles. The molecule has 21 heavy (non-hydrogen) atoms. The predicted molar refractivity (Wildman–Crippen MR) is 86.4 cm³/mol. The van der Waals surface area contributed by atoms with Crippen molar-refractivity contribution in [2.45, 2.75) is 39.2 Å². The smallest absolute Gasteiger partial charge is 0.196 e. The Bertz CT molecular complexity index is 671. The van der Waals surface area contributed by atoms with Gasteiger partial charge in [-0.2, -0.15) is 0 Å². The van der Waals surface area contributed by atoms with E-state index in [1.165, 1.54) is 10.4 Å². The van der Waals surface area contributed by atoms with Crippen LogP contribution in [0.15, 0.2) is 24.3 Å². The van der Waals surface area contributed by atoms with Crippen LogP contribution in [0.2, 0.25) is 0 Å². The van der Waals surface area contributed by atoms with Gasteiger partial charge in [0.25, 0.3) is 0 Å². The molecule has 0 spiro atoms. The Morgan fingerprint density at radius 2 is 1.95 bits per heavy atom. The van der Waals surface area contributed by atoms with Gasteiger partial charge in [0.05, 0.1) is 16.7 Å². The molecule has 0 unspecified atom stereocenters. The van der Waals surface area contributed by atoms with Crippen LogP contribution in [0.4, 0.5) is 5.00 Å². The van der Waals surface area contributed by atoms with Gasteiger partial charge in [-0.1, -0.05) is 0 Å². The number of hydrogen-bond acceptors (Lipinski definition) is 4. The highest BCUT2D eigenvalue weighted by Gasteiger charge is 2.25. The number of carbonyl (C=O) groups is 1. The summed E-state index contributed by atoms with van der Waals surface area (Å²) in [6.45, 7) is 3.96. The summed E-state index contributed by atoms with van der Waals surface area (Å²) < 4.78 is 5.60. The van der Waals surface area contributed by atoms with Gasteiger partial charge in [0.2, 0.25) is 0 Å². The summed E-state index contributed by atoms with van der Waals surface area (Å²) in [6.07, 6.45) is 3.28. The van der Waals surface area contributed by atoms with Gasteiger partial charge >= 0.3 is 0 Å². The summed E-state index contributed by atoms with van der Waals surface area (Å²) in [5.74, 6) is 0.813. The van der Waals surface area contributed by atoms with Crippen LogP contribution in [0.3, 0.4) is 0 Å². The normalized spacial score (nSPS) is 13.5. The molecular formula is C17H19NO2S. The maximum absolute atomic E-state index is 12.7. The standard InChI is InChI=1S/C17H19NO2S/c1-10(2)20-12-8-6-11(7-9-12)16(19)15-13-4-3-5-14(13)21-17(15)18/h6-10H,3-5,18H2,1-2H3. The van der Waals surface area contributed by atoms with Crippen molar-refractivity contribution in [2.24, 2.45) is 0 Å². The Labute approximate surface area is 128 Å². The average molecular weight is 301 g/mol. The number of benzene rings is 1. The fraction of sp³-hybridized carbons (Fsp3) is 0.353. The molecule has 0 amide bonds. The van der Waals surface area contributed by atoms with Crippen molar-refractivity contribution in [3.8, 4) is 5.75 Å². The lowest BCUT2D eigenvalue weighted by Gasteiger charge is -2.10. The van der Waals surface area contributed by atoms with Gasteiger partial charge in [0.15, 0.2) is 5.78 Å². The Morgan fingerprint density at radius 1 is 1.24 bits per heavy atom. The van der Waals surface area contributed by atoms with Gasteiger partial charge in [-0.05, 0) is 62.9 Å². The Morgan fingerprint density at radius 3 is 2.62 bits per heavy atom. The van der Waals surface area contributed by atoms with Gasteiger partial charge < -0.3 is 10.5 Å². The predicted octanol–water partition coefficient (Wildman–Crippen LogP) is 3.84. The lowest BCUT2D eigenvalue weighted by Crippen LogP contribution is -2.07. The molecule has 2 N–H and O–H groups in total. The third kappa shape index (κ3) is 2.68. The van der Waals surface area contributed by atoms with Crippen molar-refractivity contribution in [2.75, 3.05) is 5.73 Å². The highest BCUT2D eigenvalue weighted by molar-refractivity contribution is 7.16. The second-order valence-corrected chi connectivity index (χ2v) is 6.75. The number of ether oxygens (including phenoxy) is 1. The van der Waals surface area contributed by atoms with Crippen molar-refractivity contribution >= 4 is 22.1 Å². The first-order valence-corrected chi connectivity index (χ1v) is 8.09. The number of thiophene rings is 1. The summed E-state index contributed by atoms with van der Waals surface area (Å²) >= 11 is 1.57. The summed E-state index contributed by atoms with van der Waals surface area (Å²) in [5, 5.41) is 0.659. The second kappa shape index (κ2) is 5.53. The third-order valence-corrected chi connectivity index (χ3v) is 4.78. The summed E-state index contributed by atoms with van der Waals surface area (Å²) in [6, 6.07) is 7.32. The fourth-order valence-corrected chi connectivity index (χ4v) is 3.93. The SMILES string of the molecule is CC(C)Oc1ccc(C(=O)c2c(N)sc3c2CCC3)cc1. The van der Waals surface area contributed by atoms with Crippen molar-refractivity contribution in [1.82, 2.24) is 0 Å². The lowest BCUT2D eigenvalue weighted by atomic mass is 10.0. The largest absolute Gasteiger partial charge is 0.491 e. The van der Waals surface area contributed by atoms with E-state index in [0.29, 0.717) is 10.6 Å². The fourth-order valence-electron chi connectivity index (χ4n) is 2.78. The molecule has 0 bridgehead atoms. The molecule has 0 saturated carbocycles. The van der Waals surface area contributed by atoms with Crippen molar-refractivity contribution < 1.29 is 9.53 Å². The monoisotopic (exact) mass is 301 g/mol. The molecule has 3 rings (SSSR count). The highest BCUT2D eigenvalue weighted by atomic mass is 32.1. The highest BCUT2D eigenvalue weighted by Crippen LogP contribution is 2.38. The van der Waals surface area contributed by atoms with Crippen LogP contribution >= 0.6 is 11.3 Å². The molecular weight excluding hydrogens is 282 g/mol. The maximum Gasteiger partial charge on any atom is 0.196 e. The molecule has 0 radical (unpaired) electrons. The molecule has 1 heterocycles. The van der Waals surface area contributed by atoms with Crippen LogP contribution in [-0.4, -0.2) is 11.9 Å². The van der Waals surface area contributed by atoms with Crippen molar-refractivity contribution in [3.05, 3.63) is 45.8 Å². The van der Waals surface area contributed by atoms with E-state index < -0.39 is 0 Å². The minimum absolute atomic E-state index is 0.0306. The molecule has 1 aliphatic rings. The van der Waals surface area contributed by atoms with Crippen LogP contribution in [-0.2, 0) is 12.8 Å². The van der Waals surface area contributed by atoms with E-state index in [0.717, 1.165) is 30.6 Å². The molecule has 2 aromatic rings. The van der Waals surface area contributed by atoms with Crippen molar-refractivity contribution in [3.63, 3.8) is 0 Å². The van der Waals surface area contributed by atoms with E-state index >= 15 is 0 Å². The zero-order valence-corrected chi connectivity index (χ0v) is 13.1. The first-order chi connectivity index (χ1) is 10.1. The van der Waals surface area contributed by atoms with Crippen LogP contribution < -0.4 is 10.5 Å². The quantitative estimate of drug-likeness (QED) is 0.873. The van der Waals surface area contributed by atoms with Gasteiger partial charge in [-0.25, -0.2) is 0 Å². The molecule has 0 fully saturated rings. The summed E-state index contributed by atoms with van der Waals surface area (Å²) in [4.78, 5) is 14.0. The number of anilines is 1. The van der Waals surface area contributed by atoms with E-state index in [4.69, 9.17) is 10.5 Å². The van der Waals surface area contributed by atoms with E-state index in [1.807, 2.05) is 38.1 Å². The summed E-state index contributed by atoms with van der Waals surface area (Å²) in [7, 11) is 0. The minimum Gasteiger partial charge on any atom is -0.491 e. The molecule has 0 aliphatic heterocycles. The van der Waals surface area contributed by atoms with Gasteiger partial charge in [-0.15, -0.1) is 11.3 Å². The van der Waals surface area contributed by atoms with Gasteiger partial charge in [0, 0.05) is 10.4 Å². The number of hydrogen-bond donors (Lipinski definition) is 1. The Hall–Kier alpha value is -1.81. The number of ketones is 1. The van der Waals surface area contributed by atoms with Gasteiger partial charge in [0.1, 0.15) is 5.75 Å². The minimum atomic E-state index is 0.0306. The zero-order chi connectivity index (χ0) is 15.0. The van der Waals surface area contributed by atoms with Crippen LogP contribution in [0.1, 0.15) is 46.6 Å². The number of rotatable bonds is 4. The van der Waals surface area contributed by atoms with Crippen LogP contribution in [0.5, 0.6) is 5.75 Å². The number of nitrogen functional groups attached to an aromatic ring is 1. The molecule has 110 valence electrons. The third-order valence-electron chi connectivity index (χ3n) is 3.66.